The number of carbonyl (C=O) groups is 1. The number of hydrogen-bond donors (Lipinski definition) is 0. The molecule has 0 saturated heterocycles. The summed E-state index contributed by atoms with van der Waals surface area (Å²) in [6.45, 7) is 0. The molecule has 2 heterocycles. The van der Waals surface area contributed by atoms with E-state index in [4.69, 9.17) is 4.74 Å². The van der Waals surface area contributed by atoms with Crippen LogP contribution < -0.4 is 4.74 Å². The van der Waals surface area contributed by atoms with Gasteiger partial charge in [-0.25, -0.2) is 9.50 Å². The minimum atomic E-state index is 0.373. The number of hydrogen-bond acceptors (Lipinski definition) is 4. The summed E-state index contributed by atoms with van der Waals surface area (Å²) in [5, 5.41) is 4.68. The van der Waals surface area contributed by atoms with Gasteiger partial charge >= 0.3 is 0 Å². The predicted molar refractivity (Wildman–Crippen MR) is 95.8 cm³/mol. The normalized spacial score (nSPS) is 10.8. The summed E-state index contributed by atoms with van der Waals surface area (Å²) in [5.41, 5.74) is 4.55. The number of aldehydes is 1. The third-order valence-electron chi connectivity index (χ3n) is 4.02. The van der Waals surface area contributed by atoms with Crippen LogP contribution in [0.5, 0.6) is 5.75 Å². The molecule has 0 amide bonds. The van der Waals surface area contributed by atoms with Crippen LogP contribution in [0.4, 0.5) is 0 Å². The van der Waals surface area contributed by atoms with Crippen molar-refractivity contribution in [1.82, 2.24) is 14.6 Å². The highest BCUT2D eigenvalue weighted by Gasteiger charge is 2.12. The van der Waals surface area contributed by atoms with E-state index in [9.17, 15) is 4.79 Å². The lowest BCUT2D eigenvalue weighted by molar-refractivity contribution is 0.111. The molecule has 2 aromatic heterocycles. The molecule has 0 spiro atoms. The number of fused-ring (bicyclic) bond motifs is 1. The Hall–Kier alpha value is -3.47. The van der Waals surface area contributed by atoms with E-state index in [0.717, 1.165) is 34.6 Å². The summed E-state index contributed by atoms with van der Waals surface area (Å²) in [6, 6.07) is 21.1. The number of rotatable bonds is 4. The van der Waals surface area contributed by atoms with Crippen LogP contribution in [-0.4, -0.2) is 28.0 Å². The largest absolute Gasteiger partial charge is 0.497 e. The van der Waals surface area contributed by atoms with Crippen LogP contribution >= 0.6 is 0 Å². The van der Waals surface area contributed by atoms with Crippen molar-refractivity contribution in [3.63, 3.8) is 0 Å². The maximum absolute atomic E-state index is 11.3. The van der Waals surface area contributed by atoms with Crippen LogP contribution in [0.15, 0.2) is 66.7 Å². The molecular formula is C20H15N3O2. The summed E-state index contributed by atoms with van der Waals surface area (Å²) in [4.78, 5) is 15.7. The van der Waals surface area contributed by atoms with Gasteiger partial charge in [0.2, 0.25) is 0 Å². The molecule has 0 unspecified atom stereocenters. The number of methoxy groups -OCH3 is 1. The van der Waals surface area contributed by atoms with Gasteiger partial charge in [0.1, 0.15) is 11.4 Å². The first-order valence-electron chi connectivity index (χ1n) is 7.84. The fourth-order valence-electron chi connectivity index (χ4n) is 2.77. The Kier molecular flexibility index (Phi) is 3.74. The third kappa shape index (κ3) is 2.76. The zero-order valence-corrected chi connectivity index (χ0v) is 13.6. The quantitative estimate of drug-likeness (QED) is 0.533. The van der Waals surface area contributed by atoms with E-state index in [2.05, 4.69) is 10.1 Å². The first-order chi connectivity index (χ1) is 12.3. The van der Waals surface area contributed by atoms with E-state index in [0.29, 0.717) is 11.3 Å². The Morgan fingerprint density at radius 2 is 1.72 bits per heavy atom. The SMILES string of the molecule is COc1ccc(-c2cc(C=O)nc3cc(-c4ccccc4)nn23)cc1. The van der Waals surface area contributed by atoms with Crippen molar-refractivity contribution in [1.29, 1.82) is 0 Å². The molecule has 0 N–H and O–H groups in total. The molecule has 4 rings (SSSR count). The lowest BCUT2D eigenvalue weighted by Gasteiger charge is -2.07. The van der Waals surface area contributed by atoms with Crippen molar-refractivity contribution >= 4 is 11.9 Å². The zero-order valence-electron chi connectivity index (χ0n) is 13.6. The smallest absolute Gasteiger partial charge is 0.168 e. The molecule has 4 aromatic rings. The Morgan fingerprint density at radius 1 is 0.960 bits per heavy atom. The lowest BCUT2D eigenvalue weighted by Crippen LogP contribution is -1.99. The molecule has 0 atom stereocenters. The number of aromatic nitrogens is 3. The summed E-state index contributed by atoms with van der Waals surface area (Å²) < 4.78 is 6.97. The van der Waals surface area contributed by atoms with Crippen molar-refractivity contribution in [2.75, 3.05) is 7.11 Å². The molecule has 25 heavy (non-hydrogen) atoms. The maximum Gasteiger partial charge on any atom is 0.168 e. The topological polar surface area (TPSA) is 56.5 Å². The Labute approximate surface area is 144 Å². The summed E-state index contributed by atoms with van der Waals surface area (Å²) in [6.07, 6.45) is 0.752. The maximum atomic E-state index is 11.3. The molecule has 0 aliphatic rings. The van der Waals surface area contributed by atoms with Gasteiger partial charge in [-0.05, 0) is 30.3 Å². The highest BCUT2D eigenvalue weighted by molar-refractivity contribution is 5.78. The lowest BCUT2D eigenvalue weighted by atomic mass is 10.1. The van der Waals surface area contributed by atoms with Gasteiger partial charge < -0.3 is 4.74 Å². The van der Waals surface area contributed by atoms with Gasteiger partial charge in [0.05, 0.1) is 18.5 Å². The van der Waals surface area contributed by atoms with Gasteiger partial charge in [-0.1, -0.05) is 30.3 Å². The van der Waals surface area contributed by atoms with Gasteiger partial charge in [0.15, 0.2) is 11.9 Å². The molecule has 5 heteroatoms. The van der Waals surface area contributed by atoms with Crippen LogP contribution in [0, 0.1) is 0 Å². The van der Waals surface area contributed by atoms with Crippen LogP contribution in [0.25, 0.3) is 28.2 Å². The standard InChI is InChI=1S/C20H15N3O2/c1-25-17-9-7-15(8-10-17)19-11-16(13-24)21-20-12-18(22-23(19)20)14-5-3-2-4-6-14/h2-13H,1H3. The van der Waals surface area contributed by atoms with Crippen LogP contribution in [-0.2, 0) is 0 Å². The van der Waals surface area contributed by atoms with Gasteiger partial charge in [-0.2, -0.15) is 5.10 Å². The highest BCUT2D eigenvalue weighted by Crippen LogP contribution is 2.26. The van der Waals surface area contributed by atoms with E-state index >= 15 is 0 Å². The van der Waals surface area contributed by atoms with Crippen LogP contribution in [0.1, 0.15) is 10.5 Å². The molecule has 2 aromatic carbocycles. The van der Waals surface area contributed by atoms with E-state index < -0.39 is 0 Å². The zero-order chi connectivity index (χ0) is 17.2. The molecular weight excluding hydrogens is 314 g/mol. The van der Waals surface area contributed by atoms with Gasteiger partial charge in [0, 0.05) is 17.2 Å². The summed E-state index contributed by atoms with van der Waals surface area (Å²) >= 11 is 0. The Balaban J connectivity index is 1.92. The van der Waals surface area contributed by atoms with Gasteiger partial charge in [-0.3, -0.25) is 4.79 Å². The molecule has 0 aliphatic carbocycles. The number of nitrogens with zero attached hydrogens (tertiary/aromatic N) is 3. The molecule has 122 valence electrons. The van der Waals surface area contributed by atoms with E-state index in [1.165, 1.54) is 0 Å². The second kappa shape index (κ2) is 6.20. The molecule has 0 fully saturated rings. The minimum Gasteiger partial charge on any atom is -0.497 e. The molecule has 0 aliphatic heterocycles. The van der Waals surface area contributed by atoms with Crippen molar-refractivity contribution in [2.45, 2.75) is 0 Å². The second-order valence-corrected chi connectivity index (χ2v) is 5.58. The Morgan fingerprint density at radius 3 is 2.40 bits per heavy atom. The second-order valence-electron chi connectivity index (χ2n) is 5.58. The third-order valence-corrected chi connectivity index (χ3v) is 4.02. The highest BCUT2D eigenvalue weighted by atomic mass is 16.5. The molecule has 5 nitrogen and oxygen atoms in total. The van der Waals surface area contributed by atoms with Crippen molar-refractivity contribution < 1.29 is 9.53 Å². The van der Waals surface area contributed by atoms with Crippen molar-refractivity contribution in [3.8, 4) is 28.3 Å². The fraction of sp³-hybridized carbons (Fsp3) is 0.0500. The van der Waals surface area contributed by atoms with Crippen LogP contribution in [0.3, 0.4) is 0 Å². The molecule has 0 radical (unpaired) electrons. The predicted octanol–water partition coefficient (Wildman–Crippen LogP) is 3.88. The first-order valence-corrected chi connectivity index (χ1v) is 7.84. The van der Waals surface area contributed by atoms with Crippen molar-refractivity contribution in [2.24, 2.45) is 0 Å². The van der Waals surface area contributed by atoms with Gasteiger partial charge in [0.25, 0.3) is 0 Å². The van der Waals surface area contributed by atoms with E-state index in [1.54, 1.807) is 17.7 Å². The van der Waals surface area contributed by atoms with Crippen molar-refractivity contribution in [3.05, 3.63) is 72.4 Å². The summed E-state index contributed by atoms with van der Waals surface area (Å²) in [5.74, 6) is 0.773. The van der Waals surface area contributed by atoms with E-state index in [-0.39, 0.29) is 0 Å². The number of ether oxygens (including phenoxy) is 1. The Bertz CT molecular complexity index is 1040. The monoisotopic (exact) mass is 329 g/mol. The minimum absolute atomic E-state index is 0.373. The van der Waals surface area contributed by atoms with Gasteiger partial charge in [-0.15, -0.1) is 0 Å². The first kappa shape index (κ1) is 15.1. The number of carbonyl (C=O) groups excluding carboxylic acids is 1. The molecule has 0 saturated carbocycles. The number of benzene rings is 2. The summed E-state index contributed by atoms with van der Waals surface area (Å²) in [7, 11) is 1.63. The average molecular weight is 329 g/mol. The molecule has 0 bridgehead atoms. The van der Waals surface area contributed by atoms with E-state index in [1.807, 2.05) is 60.7 Å². The van der Waals surface area contributed by atoms with Crippen LogP contribution in [0.2, 0.25) is 0 Å². The average Bonchev–Trinajstić information content (AvgIpc) is 3.12. The fourth-order valence-corrected chi connectivity index (χ4v) is 2.77.